The van der Waals surface area contributed by atoms with Crippen LogP contribution in [-0.4, -0.2) is 0 Å². The van der Waals surface area contributed by atoms with Crippen molar-refractivity contribution in [3.63, 3.8) is 0 Å². The summed E-state index contributed by atoms with van der Waals surface area (Å²) < 4.78 is 0. The molecule has 0 spiro atoms. The van der Waals surface area contributed by atoms with E-state index in [0.717, 1.165) is 11.8 Å². The molecule has 2 unspecified atom stereocenters. The van der Waals surface area contributed by atoms with Crippen molar-refractivity contribution in [1.29, 1.82) is 0 Å². The monoisotopic (exact) mass is 312 g/mol. The van der Waals surface area contributed by atoms with Gasteiger partial charge in [0.1, 0.15) is 0 Å². The molecular weight excluding hydrogens is 283 g/mol. The standard InChI is InChI=1S/C21H29P/c22-21-19(15-9-3-1-4-10-15)17-13-7-8-14-18(17)20(21)16-11-5-2-6-12-16/h7-8,13-16,19H,1-6,9-12,22H2. The quantitative estimate of drug-likeness (QED) is 0.544. The van der Waals surface area contributed by atoms with Gasteiger partial charge < -0.3 is 0 Å². The van der Waals surface area contributed by atoms with Crippen LogP contribution < -0.4 is 0 Å². The van der Waals surface area contributed by atoms with Gasteiger partial charge in [-0.15, -0.1) is 9.24 Å². The number of fused-ring (bicyclic) bond motifs is 1. The topological polar surface area (TPSA) is 0 Å². The minimum atomic E-state index is 0.707. The first-order valence-corrected chi connectivity index (χ1v) is 10.0. The molecule has 0 saturated heterocycles. The van der Waals surface area contributed by atoms with E-state index < -0.39 is 0 Å². The Balaban J connectivity index is 1.73. The van der Waals surface area contributed by atoms with E-state index in [9.17, 15) is 0 Å². The summed E-state index contributed by atoms with van der Waals surface area (Å²) >= 11 is 0. The van der Waals surface area contributed by atoms with Gasteiger partial charge in [0.25, 0.3) is 0 Å². The summed E-state index contributed by atoms with van der Waals surface area (Å²) in [5, 5.41) is 1.67. The zero-order valence-corrected chi connectivity index (χ0v) is 14.8. The Morgan fingerprint density at radius 3 is 2.14 bits per heavy atom. The Kier molecular flexibility index (Phi) is 4.40. The van der Waals surface area contributed by atoms with Crippen molar-refractivity contribution in [1.82, 2.24) is 0 Å². The molecule has 0 radical (unpaired) electrons. The third-order valence-electron chi connectivity index (χ3n) is 6.37. The molecule has 0 aliphatic heterocycles. The van der Waals surface area contributed by atoms with Gasteiger partial charge in [0.05, 0.1) is 0 Å². The third-order valence-corrected chi connectivity index (χ3v) is 7.04. The molecule has 0 aromatic heterocycles. The fraction of sp³-hybridized carbons (Fsp3) is 0.619. The largest absolute Gasteiger partial charge is 0.109 e. The van der Waals surface area contributed by atoms with Crippen LogP contribution in [0.3, 0.4) is 0 Å². The predicted molar refractivity (Wildman–Crippen MR) is 99.0 cm³/mol. The first-order chi connectivity index (χ1) is 10.9. The summed E-state index contributed by atoms with van der Waals surface area (Å²) in [6.45, 7) is 0. The molecule has 0 N–H and O–H groups in total. The van der Waals surface area contributed by atoms with Gasteiger partial charge in [0, 0.05) is 5.92 Å². The van der Waals surface area contributed by atoms with Crippen LogP contribution >= 0.6 is 9.24 Å². The van der Waals surface area contributed by atoms with E-state index in [4.69, 9.17) is 0 Å². The highest BCUT2D eigenvalue weighted by molar-refractivity contribution is 7.23. The zero-order chi connectivity index (χ0) is 14.9. The van der Waals surface area contributed by atoms with Gasteiger partial charge in [-0.1, -0.05) is 62.8 Å². The van der Waals surface area contributed by atoms with Crippen LogP contribution in [0.25, 0.3) is 5.57 Å². The minimum absolute atomic E-state index is 0.707. The van der Waals surface area contributed by atoms with Crippen molar-refractivity contribution in [2.75, 3.05) is 0 Å². The SMILES string of the molecule is PC1=C(C2CCCCC2)c2ccccc2C1C1CCCCC1. The third kappa shape index (κ3) is 2.58. The molecule has 2 atom stereocenters. The van der Waals surface area contributed by atoms with Crippen LogP contribution in [0.5, 0.6) is 0 Å². The molecule has 1 heteroatoms. The fourth-order valence-electron chi connectivity index (χ4n) is 5.33. The molecule has 22 heavy (non-hydrogen) atoms. The van der Waals surface area contributed by atoms with Crippen molar-refractivity contribution in [2.24, 2.45) is 11.8 Å². The van der Waals surface area contributed by atoms with Gasteiger partial charge in [-0.05, 0) is 59.5 Å². The van der Waals surface area contributed by atoms with E-state index in [1.54, 1.807) is 22.0 Å². The van der Waals surface area contributed by atoms with Crippen molar-refractivity contribution in [3.05, 3.63) is 40.7 Å². The second-order valence-corrected chi connectivity index (χ2v) is 8.29. The summed E-state index contributed by atoms with van der Waals surface area (Å²) in [6, 6.07) is 9.35. The average molecular weight is 312 g/mol. The number of hydrogen-bond acceptors (Lipinski definition) is 0. The van der Waals surface area contributed by atoms with Gasteiger partial charge in [0.15, 0.2) is 0 Å². The minimum Gasteiger partial charge on any atom is -0.109 e. The van der Waals surface area contributed by atoms with Gasteiger partial charge in [-0.3, -0.25) is 0 Å². The lowest BCUT2D eigenvalue weighted by Gasteiger charge is -2.30. The summed E-state index contributed by atoms with van der Waals surface area (Å²) in [5.74, 6) is 2.43. The van der Waals surface area contributed by atoms with Gasteiger partial charge in [-0.2, -0.15) is 0 Å². The molecule has 3 aliphatic carbocycles. The van der Waals surface area contributed by atoms with Crippen molar-refractivity contribution < 1.29 is 0 Å². The second kappa shape index (κ2) is 6.48. The van der Waals surface area contributed by atoms with Crippen LogP contribution in [-0.2, 0) is 0 Å². The second-order valence-electron chi connectivity index (χ2n) is 7.67. The average Bonchev–Trinajstić information content (AvgIpc) is 2.88. The lowest BCUT2D eigenvalue weighted by atomic mass is 9.78. The zero-order valence-electron chi connectivity index (χ0n) is 13.7. The molecule has 0 heterocycles. The molecule has 0 amide bonds. The van der Waals surface area contributed by atoms with Crippen molar-refractivity contribution in [2.45, 2.75) is 70.1 Å². The molecule has 1 aromatic carbocycles. The van der Waals surface area contributed by atoms with Gasteiger partial charge in [-0.25, -0.2) is 0 Å². The van der Waals surface area contributed by atoms with E-state index >= 15 is 0 Å². The predicted octanol–water partition coefficient (Wildman–Crippen LogP) is 6.53. The number of allylic oxidation sites excluding steroid dienone is 2. The highest BCUT2D eigenvalue weighted by Gasteiger charge is 2.37. The van der Waals surface area contributed by atoms with Gasteiger partial charge in [0.2, 0.25) is 0 Å². The van der Waals surface area contributed by atoms with E-state index in [-0.39, 0.29) is 0 Å². The first-order valence-electron chi connectivity index (χ1n) is 9.45. The van der Waals surface area contributed by atoms with Crippen LogP contribution in [0.1, 0.15) is 81.3 Å². The Bertz CT molecular complexity index is 559. The highest BCUT2D eigenvalue weighted by atomic mass is 31.0. The van der Waals surface area contributed by atoms with E-state index in [1.165, 1.54) is 64.2 Å². The number of rotatable bonds is 2. The smallest absolute Gasteiger partial charge is 0.0126 e. The molecular formula is C21H29P. The molecule has 2 saturated carbocycles. The Morgan fingerprint density at radius 1 is 0.773 bits per heavy atom. The number of benzene rings is 1. The summed E-state index contributed by atoms with van der Waals surface area (Å²) in [6.07, 6.45) is 14.4. The lowest BCUT2D eigenvalue weighted by molar-refractivity contribution is 0.331. The fourth-order valence-corrected chi connectivity index (χ4v) is 6.17. The maximum absolute atomic E-state index is 3.20. The Hall–Kier alpha value is -0.610. The Labute approximate surface area is 138 Å². The van der Waals surface area contributed by atoms with Crippen LogP contribution in [0, 0.1) is 11.8 Å². The van der Waals surface area contributed by atoms with E-state index in [1.807, 2.05) is 0 Å². The van der Waals surface area contributed by atoms with E-state index in [2.05, 4.69) is 33.5 Å². The number of hydrogen-bond donors (Lipinski definition) is 0. The van der Waals surface area contributed by atoms with E-state index in [0.29, 0.717) is 5.92 Å². The maximum atomic E-state index is 3.20. The van der Waals surface area contributed by atoms with Crippen molar-refractivity contribution >= 4 is 14.8 Å². The van der Waals surface area contributed by atoms with Crippen LogP contribution in [0.4, 0.5) is 0 Å². The van der Waals surface area contributed by atoms with Crippen LogP contribution in [0.15, 0.2) is 29.6 Å². The summed E-state index contributed by atoms with van der Waals surface area (Å²) in [7, 11) is 3.20. The summed E-state index contributed by atoms with van der Waals surface area (Å²) in [5.41, 5.74) is 4.99. The molecule has 118 valence electrons. The molecule has 0 nitrogen and oxygen atoms in total. The molecule has 3 aliphatic rings. The molecule has 1 aromatic rings. The molecule has 2 fully saturated rings. The molecule has 4 rings (SSSR count). The summed E-state index contributed by atoms with van der Waals surface area (Å²) in [4.78, 5) is 0. The lowest BCUT2D eigenvalue weighted by Crippen LogP contribution is -2.15. The maximum Gasteiger partial charge on any atom is 0.0126 e. The molecule has 0 bridgehead atoms. The van der Waals surface area contributed by atoms with Crippen LogP contribution in [0.2, 0.25) is 0 Å². The Morgan fingerprint density at radius 2 is 1.41 bits per heavy atom. The van der Waals surface area contributed by atoms with Gasteiger partial charge >= 0.3 is 0 Å². The van der Waals surface area contributed by atoms with Crippen molar-refractivity contribution in [3.8, 4) is 0 Å². The normalized spacial score (nSPS) is 27.2. The first kappa shape index (κ1) is 14.9. The highest BCUT2D eigenvalue weighted by Crippen LogP contribution is 2.55.